The third kappa shape index (κ3) is 3.65. The number of ether oxygens (including phenoxy) is 1. The van der Waals surface area contributed by atoms with Crippen LogP contribution in [0.1, 0.15) is 5.56 Å². The molecule has 0 saturated heterocycles. The molecule has 2 aromatic rings. The third-order valence-electron chi connectivity index (χ3n) is 2.77. The average Bonchev–Trinajstić information content (AvgIpc) is 2.47. The number of para-hydroxylation sites is 1. The predicted molar refractivity (Wildman–Crippen MR) is 77.9 cm³/mol. The number of anilines is 2. The first-order valence-corrected chi connectivity index (χ1v) is 6.15. The highest BCUT2D eigenvalue weighted by atomic mass is 16.5. The van der Waals surface area contributed by atoms with E-state index in [1.54, 1.807) is 24.3 Å². The van der Waals surface area contributed by atoms with Gasteiger partial charge in [0.2, 0.25) is 0 Å². The standard InChI is InChI=1S/C15H16N2O3/c1-20-15(19)17-13-7-4-6-12(9-13)16-10-11-5-2-3-8-14(11)18/h2-9,16,18H,10H2,1H3,(H,17,19). The van der Waals surface area contributed by atoms with Gasteiger partial charge in [0.1, 0.15) is 5.75 Å². The predicted octanol–water partition coefficient (Wildman–Crippen LogP) is 3.18. The van der Waals surface area contributed by atoms with Crippen LogP contribution in [0.3, 0.4) is 0 Å². The Balaban J connectivity index is 2.01. The maximum absolute atomic E-state index is 11.1. The maximum atomic E-state index is 11.1. The molecule has 0 atom stereocenters. The number of aromatic hydroxyl groups is 1. The summed E-state index contributed by atoms with van der Waals surface area (Å²) in [6.45, 7) is 0.494. The van der Waals surface area contributed by atoms with Crippen LogP contribution in [0.4, 0.5) is 16.2 Å². The second-order valence-electron chi connectivity index (χ2n) is 4.18. The van der Waals surface area contributed by atoms with E-state index in [0.717, 1.165) is 11.3 Å². The van der Waals surface area contributed by atoms with Crippen LogP contribution in [0.2, 0.25) is 0 Å². The van der Waals surface area contributed by atoms with Crippen molar-refractivity contribution in [2.45, 2.75) is 6.54 Å². The third-order valence-corrected chi connectivity index (χ3v) is 2.77. The van der Waals surface area contributed by atoms with Gasteiger partial charge >= 0.3 is 6.09 Å². The Morgan fingerprint density at radius 3 is 2.65 bits per heavy atom. The number of hydrogen-bond acceptors (Lipinski definition) is 4. The highest BCUT2D eigenvalue weighted by Crippen LogP contribution is 2.19. The van der Waals surface area contributed by atoms with E-state index < -0.39 is 6.09 Å². The van der Waals surface area contributed by atoms with Crippen LogP contribution >= 0.6 is 0 Å². The molecule has 5 nitrogen and oxygen atoms in total. The molecule has 2 aromatic carbocycles. The smallest absolute Gasteiger partial charge is 0.411 e. The summed E-state index contributed by atoms with van der Waals surface area (Å²) < 4.78 is 4.54. The number of phenolic OH excluding ortho intramolecular Hbond substituents is 1. The molecule has 0 aliphatic heterocycles. The molecule has 0 aromatic heterocycles. The first-order chi connectivity index (χ1) is 9.69. The van der Waals surface area contributed by atoms with Crippen LogP contribution in [0.15, 0.2) is 48.5 Å². The Morgan fingerprint density at radius 1 is 1.15 bits per heavy atom. The fourth-order valence-electron chi connectivity index (χ4n) is 1.73. The fraction of sp³-hybridized carbons (Fsp3) is 0.133. The lowest BCUT2D eigenvalue weighted by Crippen LogP contribution is -2.11. The average molecular weight is 272 g/mol. The van der Waals surface area contributed by atoms with Crippen LogP contribution in [-0.2, 0) is 11.3 Å². The van der Waals surface area contributed by atoms with E-state index in [-0.39, 0.29) is 5.75 Å². The van der Waals surface area contributed by atoms with Gasteiger partial charge in [0.25, 0.3) is 0 Å². The van der Waals surface area contributed by atoms with Gasteiger partial charge in [0, 0.05) is 23.5 Å². The van der Waals surface area contributed by atoms with Gasteiger partial charge in [0.05, 0.1) is 7.11 Å². The molecule has 0 bridgehead atoms. The van der Waals surface area contributed by atoms with Crippen LogP contribution in [0.5, 0.6) is 5.75 Å². The van der Waals surface area contributed by atoms with Crippen molar-refractivity contribution in [3.8, 4) is 5.75 Å². The second-order valence-corrected chi connectivity index (χ2v) is 4.18. The normalized spacial score (nSPS) is 9.85. The number of methoxy groups -OCH3 is 1. The van der Waals surface area contributed by atoms with Crippen molar-refractivity contribution < 1.29 is 14.6 Å². The van der Waals surface area contributed by atoms with Crippen LogP contribution in [0, 0.1) is 0 Å². The van der Waals surface area contributed by atoms with Crippen molar-refractivity contribution in [2.75, 3.05) is 17.7 Å². The Bertz CT molecular complexity index is 599. The van der Waals surface area contributed by atoms with E-state index in [9.17, 15) is 9.90 Å². The van der Waals surface area contributed by atoms with Crippen molar-refractivity contribution in [2.24, 2.45) is 0 Å². The van der Waals surface area contributed by atoms with Gasteiger partial charge < -0.3 is 15.2 Å². The van der Waals surface area contributed by atoms with Crippen molar-refractivity contribution in [1.82, 2.24) is 0 Å². The zero-order chi connectivity index (χ0) is 14.4. The Labute approximate surface area is 117 Å². The molecule has 1 amide bonds. The van der Waals surface area contributed by atoms with Crippen molar-refractivity contribution in [1.29, 1.82) is 0 Å². The summed E-state index contributed by atoms with van der Waals surface area (Å²) in [5.74, 6) is 0.254. The number of carbonyl (C=O) groups is 1. The number of hydrogen-bond donors (Lipinski definition) is 3. The van der Waals surface area contributed by atoms with E-state index in [2.05, 4.69) is 15.4 Å². The Hall–Kier alpha value is -2.69. The van der Waals surface area contributed by atoms with Crippen molar-refractivity contribution in [3.05, 3.63) is 54.1 Å². The molecule has 0 aliphatic rings. The van der Waals surface area contributed by atoms with E-state index >= 15 is 0 Å². The second kappa shape index (κ2) is 6.47. The molecule has 5 heteroatoms. The summed E-state index contributed by atoms with van der Waals surface area (Å²) in [7, 11) is 1.32. The number of phenols is 1. The zero-order valence-electron chi connectivity index (χ0n) is 11.1. The Kier molecular flexibility index (Phi) is 4.44. The van der Waals surface area contributed by atoms with Gasteiger partial charge in [-0.15, -0.1) is 0 Å². The monoisotopic (exact) mass is 272 g/mol. The van der Waals surface area contributed by atoms with Crippen LogP contribution in [-0.4, -0.2) is 18.3 Å². The first-order valence-electron chi connectivity index (χ1n) is 6.15. The van der Waals surface area contributed by atoms with Gasteiger partial charge in [-0.25, -0.2) is 4.79 Å². The number of amides is 1. The minimum absolute atomic E-state index is 0.254. The molecular weight excluding hydrogens is 256 g/mol. The summed E-state index contributed by atoms with van der Waals surface area (Å²) in [6, 6.07) is 14.4. The summed E-state index contributed by atoms with van der Waals surface area (Å²) in [6.07, 6.45) is -0.511. The molecule has 0 radical (unpaired) electrons. The summed E-state index contributed by atoms with van der Waals surface area (Å²) in [5, 5.41) is 15.5. The summed E-state index contributed by atoms with van der Waals surface area (Å²) in [5.41, 5.74) is 2.28. The van der Waals surface area contributed by atoms with Crippen molar-refractivity contribution >= 4 is 17.5 Å². The minimum Gasteiger partial charge on any atom is -0.508 e. The van der Waals surface area contributed by atoms with E-state index in [4.69, 9.17) is 0 Å². The van der Waals surface area contributed by atoms with Gasteiger partial charge in [-0.05, 0) is 24.3 Å². The number of nitrogens with one attached hydrogen (secondary N) is 2. The molecule has 2 rings (SSSR count). The lowest BCUT2D eigenvalue weighted by Gasteiger charge is -2.10. The molecule has 0 fully saturated rings. The molecule has 0 saturated carbocycles. The van der Waals surface area contributed by atoms with Gasteiger partial charge in [-0.2, -0.15) is 0 Å². The fourth-order valence-corrected chi connectivity index (χ4v) is 1.73. The number of rotatable bonds is 4. The molecule has 0 aliphatic carbocycles. The highest BCUT2D eigenvalue weighted by Gasteiger charge is 2.02. The topological polar surface area (TPSA) is 70.6 Å². The first kappa shape index (κ1) is 13.7. The van der Waals surface area contributed by atoms with Crippen LogP contribution < -0.4 is 10.6 Å². The molecule has 0 spiro atoms. The number of benzene rings is 2. The largest absolute Gasteiger partial charge is 0.508 e. The van der Waals surface area contributed by atoms with E-state index in [0.29, 0.717) is 12.2 Å². The van der Waals surface area contributed by atoms with Gasteiger partial charge in [0.15, 0.2) is 0 Å². The SMILES string of the molecule is COC(=O)Nc1cccc(NCc2ccccc2O)c1. The molecule has 20 heavy (non-hydrogen) atoms. The summed E-state index contributed by atoms with van der Waals surface area (Å²) in [4.78, 5) is 11.1. The summed E-state index contributed by atoms with van der Waals surface area (Å²) >= 11 is 0. The highest BCUT2D eigenvalue weighted by molar-refractivity contribution is 5.85. The quantitative estimate of drug-likeness (QED) is 0.799. The molecule has 0 unspecified atom stereocenters. The maximum Gasteiger partial charge on any atom is 0.411 e. The number of carbonyl (C=O) groups excluding carboxylic acids is 1. The lowest BCUT2D eigenvalue weighted by molar-refractivity contribution is 0.187. The van der Waals surface area contributed by atoms with Gasteiger partial charge in [-0.3, -0.25) is 5.32 Å². The van der Waals surface area contributed by atoms with Gasteiger partial charge in [-0.1, -0.05) is 24.3 Å². The Morgan fingerprint density at radius 2 is 1.90 bits per heavy atom. The molecule has 3 N–H and O–H groups in total. The molecular formula is C15H16N2O3. The van der Waals surface area contributed by atoms with Crippen molar-refractivity contribution in [3.63, 3.8) is 0 Å². The van der Waals surface area contributed by atoms with Crippen LogP contribution in [0.25, 0.3) is 0 Å². The van der Waals surface area contributed by atoms with E-state index in [1.807, 2.05) is 24.3 Å². The molecule has 104 valence electrons. The lowest BCUT2D eigenvalue weighted by atomic mass is 10.2. The minimum atomic E-state index is -0.511. The zero-order valence-corrected chi connectivity index (χ0v) is 11.1. The molecule has 0 heterocycles. The van der Waals surface area contributed by atoms with E-state index in [1.165, 1.54) is 7.11 Å².